The van der Waals surface area contributed by atoms with Gasteiger partial charge in [-0.1, -0.05) is 40.5 Å². The summed E-state index contributed by atoms with van der Waals surface area (Å²) in [6.07, 6.45) is 3.43. The highest BCUT2D eigenvalue weighted by Crippen LogP contribution is 2.30. The first-order valence-corrected chi connectivity index (χ1v) is 14.7. The van der Waals surface area contributed by atoms with Gasteiger partial charge in [0.05, 0.1) is 0 Å². The van der Waals surface area contributed by atoms with E-state index in [1.54, 1.807) is 0 Å². The second kappa shape index (κ2) is 11.0. The average molecular weight is 347 g/mol. The first kappa shape index (κ1) is 22.4. The largest absolute Gasteiger partial charge is 0.415 e. The predicted molar refractivity (Wildman–Crippen MR) is 105 cm³/mol. The number of hydrogen-bond acceptors (Lipinski definition) is 2. The highest BCUT2D eigenvalue weighted by molar-refractivity contribution is 6.74. The molecule has 0 atom stereocenters. The van der Waals surface area contributed by atoms with Crippen LogP contribution in [0.3, 0.4) is 0 Å². The third-order valence-electron chi connectivity index (χ3n) is 5.06. The Labute approximate surface area is 142 Å². The fraction of sp³-hybridized carbons (Fsp3) is 1.00. The summed E-state index contributed by atoms with van der Waals surface area (Å²) in [4.78, 5) is 0. The van der Waals surface area contributed by atoms with Crippen LogP contribution < -0.4 is 0 Å². The molecule has 0 fully saturated rings. The number of unbranched alkanes of at least 4 members (excludes halogenated alkanes) is 1. The summed E-state index contributed by atoms with van der Waals surface area (Å²) in [7, 11) is -2.96. The van der Waals surface area contributed by atoms with Gasteiger partial charge in [-0.15, -0.1) is 0 Å². The van der Waals surface area contributed by atoms with Gasteiger partial charge in [0, 0.05) is 12.2 Å². The van der Waals surface area contributed by atoms with Crippen LogP contribution in [0.2, 0.25) is 36.3 Å². The lowest BCUT2D eigenvalue weighted by atomic mass is 10.4. The van der Waals surface area contributed by atoms with Crippen LogP contribution in [0.15, 0.2) is 0 Å². The molecule has 0 unspecified atom stereocenters. The second-order valence-electron chi connectivity index (χ2n) is 7.32. The predicted octanol–water partition coefficient (Wildman–Crippen LogP) is 6.59. The van der Waals surface area contributed by atoms with E-state index in [2.05, 4.69) is 55.4 Å². The van der Waals surface area contributed by atoms with Gasteiger partial charge in [0.2, 0.25) is 0 Å². The van der Waals surface area contributed by atoms with E-state index in [9.17, 15) is 0 Å². The van der Waals surface area contributed by atoms with Gasteiger partial charge in [-0.05, 0) is 64.0 Å². The van der Waals surface area contributed by atoms with E-state index in [1.807, 2.05) is 0 Å². The van der Waals surface area contributed by atoms with Crippen molar-refractivity contribution in [3.8, 4) is 0 Å². The van der Waals surface area contributed by atoms with Crippen molar-refractivity contribution in [2.24, 2.45) is 0 Å². The Hall–Kier alpha value is 0.354. The Morgan fingerprint density at radius 2 is 0.864 bits per heavy atom. The van der Waals surface area contributed by atoms with Crippen molar-refractivity contribution >= 4 is 16.6 Å². The van der Waals surface area contributed by atoms with Crippen LogP contribution in [0.4, 0.5) is 0 Å². The maximum atomic E-state index is 6.40. The smallest absolute Gasteiger partial charge is 0.192 e. The molecule has 0 aromatic heterocycles. The summed E-state index contributed by atoms with van der Waals surface area (Å²) in [5.74, 6) is 0. The molecule has 0 bridgehead atoms. The van der Waals surface area contributed by atoms with Crippen molar-refractivity contribution in [1.82, 2.24) is 0 Å². The summed E-state index contributed by atoms with van der Waals surface area (Å²) in [5.41, 5.74) is 0. The fourth-order valence-corrected chi connectivity index (χ4v) is 10.7. The van der Waals surface area contributed by atoms with Gasteiger partial charge in [0.25, 0.3) is 0 Å². The Bertz CT molecular complexity index is 244. The van der Waals surface area contributed by atoms with Gasteiger partial charge in [-0.2, -0.15) is 0 Å². The molecule has 4 heteroatoms. The first-order chi connectivity index (χ1) is 10.3. The Morgan fingerprint density at radius 1 is 0.591 bits per heavy atom. The lowest BCUT2D eigenvalue weighted by molar-refractivity contribution is 0.221. The molecule has 0 aromatic rings. The van der Waals surface area contributed by atoms with E-state index in [0.29, 0.717) is 12.2 Å². The molecule has 0 rings (SSSR count). The lowest BCUT2D eigenvalue weighted by Crippen LogP contribution is -2.40. The SMILES string of the molecule is CC[Si](CC)(CCCC[Si](CC)(CC)OC(C)C)OC(C)C. The summed E-state index contributed by atoms with van der Waals surface area (Å²) in [6.45, 7) is 18.1. The van der Waals surface area contributed by atoms with Crippen molar-refractivity contribution in [2.75, 3.05) is 0 Å². The van der Waals surface area contributed by atoms with Crippen LogP contribution in [0.1, 0.15) is 68.2 Å². The maximum absolute atomic E-state index is 6.40. The molecule has 0 aliphatic rings. The molecule has 22 heavy (non-hydrogen) atoms. The summed E-state index contributed by atoms with van der Waals surface area (Å²) >= 11 is 0. The van der Waals surface area contributed by atoms with E-state index in [-0.39, 0.29) is 0 Å². The zero-order valence-corrected chi connectivity index (χ0v) is 18.6. The summed E-state index contributed by atoms with van der Waals surface area (Å²) < 4.78 is 12.8. The number of hydrogen-bond donors (Lipinski definition) is 0. The molecule has 0 aromatic carbocycles. The third kappa shape index (κ3) is 7.76. The molecule has 0 aliphatic heterocycles. The Kier molecular flexibility index (Phi) is 11.2. The normalized spacial score (nSPS) is 13.4. The lowest BCUT2D eigenvalue weighted by Gasteiger charge is -2.33. The van der Waals surface area contributed by atoms with Crippen LogP contribution in [-0.4, -0.2) is 28.8 Å². The van der Waals surface area contributed by atoms with Crippen LogP contribution in [0, 0.1) is 0 Å². The van der Waals surface area contributed by atoms with E-state index >= 15 is 0 Å². The van der Waals surface area contributed by atoms with Crippen molar-refractivity contribution in [3.05, 3.63) is 0 Å². The van der Waals surface area contributed by atoms with Crippen LogP contribution in [0.25, 0.3) is 0 Å². The van der Waals surface area contributed by atoms with E-state index in [1.165, 1.54) is 49.1 Å². The minimum Gasteiger partial charge on any atom is -0.415 e. The molecule has 0 amide bonds. The molecule has 0 saturated heterocycles. The first-order valence-electron chi connectivity index (χ1n) is 9.64. The van der Waals surface area contributed by atoms with Gasteiger partial charge < -0.3 is 8.85 Å². The second-order valence-corrected chi connectivity index (χ2v) is 16.4. The van der Waals surface area contributed by atoms with E-state index in [0.717, 1.165) is 0 Å². The van der Waals surface area contributed by atoms with Crippen molar-refractivity contribution in [2.45, 2.75) is 117 Å². The van der Waals surface area contributed by atoms with Crippen molar-refractivity contribution < 1.29 is 8.85 Å². The molecule has 0 heterocycles. The monoisotopic (exact) mass is 346 g/mol. The highest BCUT2D eigenvalue weighted by Gasteiger charge is 2.34. The van der Waals surface area contributed by atoms with Gasteiger partial charge in [0.15, 0.2) is 16.6 Å². The van der Waals surface area contributed by atoms with Gasteiger partial charge in [-0.3, -0.25) is 0 Å². The molecule has 2 nitrogen and oxygen atoms in total. The average Bonchev–Trinajstić information content (AvgIpc) is 2.48. The zero-order chi connectivity index (χ0) is 17.2. The molecule has 0 N–H and O–H groups in total. The minimum atomic E-state index is -1.48. The quantitative estimate of drug-likeness (QED) is 0.277. The van der Waals surface area contributed by atoms with Crippen LogP contribution >= 0.6 is 0 Å². The zero-order valence-electron chi connectivity index (χ0n) is 16.6. The molecular formula is C18H42O2Si2. The maximum Gasteiger partial charge on any atom is 0.192 e. The van der Waals surface area contributed by atoms with Gasteiger partial charge in [-0.25, -0.2) is 0 Å². The number of rotatable bonds is 13. The van der Waals surface area contributed by atoms with Gasteiger partial charge >= 0.3 is 0 Å². The van der Waals surface area contributed by atoms with E-state index < -0.39 is 16.6 Å². The summed E-state index contributed by atoms with van der Waals surface area (Å²) in [5, 5.41) is 0. The van der Waals surface area contributed by atoms with Crippen molar-refractivity contribution in [3.63, 3.8) is 0 Å². The van der Waals surface area contributed by atoms with Crippen molar-refractivity contribution in [1.29, 1.82) is 0 Å². The molecule has 0 saturated carbocycles. The molecular weight excluding hydrogens is 304 g/mol. The standard InChI is InChI=1S/C18H42O2Si2/c1-9-21(10-2,19-17(5)6)15-13-14-16-22(11-3,12-4)20-18(7)8/h17-18H,9-16H2,1-8H3. The van der Waals surface area contributed by atoms with Crippen LogP contribution in [-0.2, 0) is 8.85 Å². The third-order valence-corrected chi connectivity index (χ3v) is 14.7. The molecule has 134 valence electrons. The molecule has 0 spiro atoms. The van der Waals surface area contributed by atoms with Crippen LogP contribution in [0.5, 0.6) is 0 Å². The highest BCUT2D eigenvalue weighted by atomic mass is 28.4. The molecule has 0 radical (unpaired) electrons. The Morgan fingerprint density at radius 3 is 1.05 bits per heavy atom. The minimum absolute atomic E-state index is 0.385. The van der Waals surface area contributed by atoms with E-state index in [4.69, 9.17) is 8.85 Å². The fourth-order valence-electron chi connectivity index (χ4n) is 3.55. The summed E-state index contributed by atoms with van der Waals surface area (Å²) in [6, 6.07) is 7.70. The van der Waals surface area contributed by atoms with Gasteiger partial charge in [0.1, 0.15) is 0 Å². The topological polar surface area (TPSA) is 18.5 Å². The molecule has 0 aliphatic carbocycles. The Balaban J connectivity index is 4.47.